The standard InChI is InChI=1S/C9H12O/c1-8(10-2)9-6-4-3-5-7-9/h3-8,10H,2H2,1H3/t8-/m1/s1. The Morgan fingerprint density at radius 1 is 1.30 bits per heavy atom. The number of hydrogen-bond donors (Lipinski definition) is 0. The van der Waals surface area contributed by atoms with Crippen LogP contribution in [0.1, 0.15) is 18.6 Å². The van der Waals surface area contributed by atoms with Gasteiger partial charge in [-0.15, -0.1) is 0 Å². The highest BCUT2D eigenvalue weighted by molar-refractivity contribution is 5.16. The van der Waals surface area contributed by atoms with Gasteiger partial charge in [0.1, 0.15) is 0 Å². The normalized spacial score (nSPS) is 13.0. The molecule has 1 rings (SSSR count). The molecule has 1 aromatic rings. The summed E-state index contributed by atoms with van der Waals surface area (Å²) in [5.41, 5.74) is 1.22. The molecular formula is C9H12O. The molecule has 1 atom stereocenters. The van der Waals surface area contributed by atoms with Crippen LogP contribution >= 0.6 is 0 Å². The van der Waals surface area contributed by atoms with Gasteiger partial charge in [-0.1, -0.05) is 37.4 Å². The Hall–Kier alpha value is -0.820. The van der Waals surface area contributed by atoms with Crippen LogP contribution in [0.25, 0.3) is 0 Å². The molecule has 0 unspecified atom stereocenters. The summed E-state index contributed by atoms with van der Waals surface area (Å²) in [7, 11) is 3.49. The van der Waals surface area contributed by atoms with E-state index in [0.29, 0.717) is 0 Å². The van der Waals surface area contributed by atoms with E-state index in [0.717, 1.165) is 0 Å². The van der Waals surface area contributed by atoms with Gasteiger partial charge in [-0.05, 0) is 0 Å². The molecule has 10 heavy (non-hydrogen) atoms. The van der Waals surface area contributed by atoms with Crippen LogP contribution in [-0.2, 0) is 0 Å². The number of benzene rings is 1. The maximum atomic E-state index is 3.91. The highest BCUT2D eigenvalue weighted by Crippen LogP contribution is 2.12. The SMILES string of the molecule is [CH2-][OH+][C@H](C)c1ccccc1. The van der Waals surface area contributed by atoms with E-state index >= 15 is 0 Å². The smallest absolute Gasteiger partial charge is 0.152 e. The molecular weight excluding hydrogens is 124 g/mol. The van der Waals surface area contributed by atoms with E-state index in [-0.39, 0.29) is 6.10 Å². The zero-order chi connectivity index (χ0) is 7.40. The molecule has 0 saturated carbocycles. The van der Waals surface area contributed by atoms with Gasteiger partial charge >= 0.3 is 0 Å². The number of ether oxygens (including phenoxy) is 1. The third kappa shape index (κ3) is 1.58. The molecule has 54 valence electrons. The van der Waals surface area contributed by atoms with Crippen molar-refractivity contribution in [3.8, 4) is 0 Å². The molecule has 0 saturated heterocycles. The van der Waals surface area contributed by atoms with Crippen molar-refractivity contribution in [3.05, 3.63) is 43.0 Å². The van der Waals surface area contributed by atoms with Gasteiger partial charge in [-0.3, -0.25) is 0 Å². The van der Waals surface area contributed by atoms with E-state index in [1.54, 1.807) is 0 Å². The van der Waals surface area contributed by atoms with Gasteiger partial charge in [0.2, 0.25) is 0 Å². The first-order valence-corrected chi connectivity index (χ1v) is 3.35. The Balaban J connectivity index is 2.75. The minimum absolute atomic E-state index is 0.223. The minimum atomic E-state index is 0.223. The van der Waals surface area contributed by atoms with Crippen LogP contribution in [0.15, 0.2) is 30.3 Å². The number of aliphatic hydroxyl groups is 2. The third-order valence-corrected chi connectivity index (χ3v) is 1.56. The van der Waals surface area contributed by atoms with E-state index in [4.69, 9.17) is 0 Å². The van der Waals surface area contributed by atoms with Gasteiger partial charge in [0.15, 0.2) is 6.10 Å². The predicted molar refractivity (Wildman–Crippen MR) is 42.4 cm³/mol. The first-order valence-electron chi connectivity index (χ1n) is 3.35. The van der Waals surface area contributed by atoms with Crippen molar-refractivity contribution in [2.75, 3.05) is 0 Å². The van der Waals surface area contributed by atoms with E-state index in [1.165, 1.54) is 5.56 Å². The predicted octanol–water partition coefficient (Wildman–Crippen LogP) is 2.07. The molecule has 1 nitrogen and oxygen atoms in total. The summed E-state index contributed by atoms with van der Waals surface area (Å²) >= 11 is 0. The van der Waals surface area contributed by atoms with E-state index in [1.807, 2.05) is 25.1 Å². The summed E-state index contributed by atoms with van der Waals surface area (Å²) in [4.78, 5) is 0. The van der Waals surface area contributed by atoms with Crippen LogP contribution in [0.3, 0.4) is 0 Å². The number of rotatable bonds is 2. The lowest BCUT2D eigenvalue weighted by atomic mass is 10.1. The van der Waals surface area contributed by atoms with Gasteiger partial charge in [0, 0.05) is 12.5 Å². The number of hydrogen-bond acceptors (Lipinski definition) is 0. The van der Waals surface area contributed by atoms with Crippen LogP contribution in [-0.4, -0.2) is 4.74 Å². The van der Waals surface area contributed by atoms with Gasteiger partial charge in [0.25, 0.3) is 0 Å². The molecule has 0 amide bonds. The lowest BCUT2D eigenvalue weighted by Gasteiger charge is -2.09. The third-order valence-electron chi connectivity index (χ3n) is 1.56. The zero-order valence-corrected chi connectivity index (χ0v) is 6.12. The van der Waals surface area contributed by atoms with Gasteiger partial charge in [-0.2, -0.15) is 0 Å². The fourth-order valence-corrected chi connectivity index (χ4v) is 0.837. The van der Waals surface area contributed by atoms with Crippen molar-refractivity contribution in [2.24, 2.45) is 0 Å². The molecule has 1 heteroatoms. The van der Waals surface area contributed by atoms with Gasteiger partial charge in [0.05, 0.1) is 0 Å². The van der Waals surface area contributed by atoms with Crippen molar-refractivity contribution in [1.29, 1.82) is 0 Å². The van der Waals surface area contributed by atoms with Crippen molar-refractivity contribution in [3.63, 3.8) is 0 Å². The van der Waals surface area contributed by atoms with E-state index in [9.17, 15) is 0 Å². The molecule has 0 heterocycles. The topological polar surface area (TPSA) is 12.8 Å². The van der Waals surface area contributed by atoms with E-state index in [2.05, 4.69) is 24.0 Å². The second kappa shape index (κ2) is 3.37. The Bertz CT molecular complexity index is 181. The summed E-state index contributed by atoms with van der Waals surface area (Å²) in [6, 6.07) is 10.1. The van der Waals surface area contributed by atoms with Crippen molar-refractivity contribution in [2.45, 2.75) is 13.0 Å². The monoisotopic (exact) mass is 136 g/mol. The molecule has 1 N–H and O–H groups in total. The summed E-state index contributed by atoms with van der Waals surface area (Å²) in [6.45, 7) is 2.03. The lowest BCUT2D eigenvalue weighted by molar-refractivity contribution is -0.0150. The van der Waals surface area contributed by atoms with Gasteiger partial charge < -0.3 is 4.74 Å². The quantitative estimate of drug-likeness (QED) is 0.436. The maximum absolute atomic E-state index is 3.91. The molecule has 0 fully saturated rings. The molecule has 0 spiro atoms. The molecule has 0 bridgehead atoms. The summed E-state index contributed by atoms with van der Waals surface area (Å²) in [5, 5.41) is 0. The fraction of sp³-hybridized carbons (Fsp3) is 0.222. The van der Waals surface area contributed by atoms with Crippen LogP contribution in [0.2, 0.25) is 0 Å². The van der Waals surface area contributed by atoms with E-state index < -0.39 is 0 Å². The second-order valence-corrected chi connectivity index (χ2v) is 2.27. The van der Waals surface area contributed by atoms with Crippen LogP contribution in [0, 0.1) is 7.11 Å². The Labute approximate surface area is 61.6 Å². The molecule has 1 aromatic carbocycles. The van der Waals surface area contributed by atoms with Crippen LogP contribution in [0.5, 0.6) is 0 Å². The van der Waals surface area contributed by atoms with Crippen molar-refractivity contribution in [1.82, 2.24) is 0 Å². The Morgan fingerprint density at radius 3 is 2.40 bits per heavy atom. The summed E-state index contributed by atoms with van der Waals surface area (Å²) in [6.07, 6.45) is 0.223. The molecule has 0 aliphatic heterocycles. The Morgan fingerprint density at radius 2 is 1.90 bits per heavy atom. The molecule has 0 radical (unpaired) electrons. The average molecular weight is 136 g/mol. The zero-order valence-electron chi connectivity index (χ0n) is 6.12. The van der Waals surface area contributed by atoms with Crippen molar-refractivity contribution >= 4 is 0 Å². The van der Waals surface area contributed by atoms with Crippen LogP contribution < -0.4 is 0 Å². The van der Waals surface area contributed by atoms with Gasteiger partial charge in [-0.25, -0.2) is 0 Å². The highest BCUT2D eigenvalue weighted by Gasteiger charge is 2.01. The van der Waals surface area contributed by atoms with Crippen molar-refractivity contribution < 1.29 is 4.74 Å². The highest BCUT2D eigenvalue weighted by atomic mass is 16.5. The lowest BCUT2D eigenvalue weighted by Crippen LogP contribution is -1.96. The fourth-order valence-electron chi connectivity index (χ4n) is 0.837. The first-order chi connectivity index (χ1) is 4.84. The first kappa shape index (κ1) is 7.29. The molecule has 0 aliphatic carbocycles. The van der Waals surface area contributed by atoms with Crippen LogP contribution in [0.4, 0.5) is 0 Å². The molecule has 0 aliphatic rings. The maximum Gasteiger partial charge on any atom is 0.152 e. The minimum Gasteiger partial charge on any atom is -0.576 e. The summed E-state index contributed by atoms with van der Waals surface area (Å²) in [5.74, 6) is 0. The Kier molecular flexibility index (Phi) is 2.46. The average Bonchev–Trinajstić information content (AvgIpc) is 2.05. The second-order valence-electron chi connectivity index (χ2n) is 2.27. The molecule has 0 aromatic heterocycles. The summed E-state index contributed by atoms with van der Waals surface area (Å²) < 4.78 is 3.91. The largest absolute Gasteiger partial charge is 0.576 e.